The van der Waals surface area contributed by atoms with Crippen LogP contribution < -0.4 is 33.2 Å². The van der Waals surface area contributed by atoms with Crippen molar-refractivity contribution in [3.05, 3.63) is 18.2 Å². The third kappa shape index (κ3) is 10.9. The van der Waals surface area contributed by atoms with E-state index < -0.39 is 72.5 Å². The Hall–Kier alpha value is -3.66. The summed E-state index contributed by atoms with van der Waals surface area (Å²) in [5.74, 6) is -5.20. The van der Waals surface area contributed by atoms with Crippen LogP contribution in [-0.2, 0) is 35.2 Å². The summed E-state index contributed by atoms with van der Waals surface area (Å²) in [5, 5.41) is 16.4. The number of carbonyl (C=O) groups is 6. The zero-order valence-corrected chi connectivity index (χ0v) is 19.8. The fraction of sp³-hybridized carbons (Fsp3) is 0.526. The predicted molar refractivity (Wildman–Crippen MR) is 124 cm³/mol. The van der Waals surface area contributed by atoms with Crippen molar-refractivity contribution in [2.24, 2.45) is 17.2 Å². The Balaban J connectivity index is 3.05. The first-order chi connectivity index (χ1) is 16.4. The van der Waals surface area contributed by atoms with Gasteiger partial charge in [0.2, 0.25) is 29.5 Å². The van der Waals surface area contributed by atoms with Gasteiger partial charge >= 0.3 is 5.97 Å². The number of thioether (sulfide) groups is 1. The second kappa shape index (κ2) is 14.6. The molecule has 5 amide bonds. The van der Waals surface area contributed by atoms with E-state index in [1.807, 2.05) is 0 Å². The molecule has 15 nitrogen and oxygen atoms in total. The minimum absolute atomic E-state index is 0.106. The summed E-state index contributed by atoms with van der Waals surface area (Å²) < 4.78 is 0. The number of imidazole rings is 1. The van der Waals surface area contributed by atoms with E-state index in [9.17, 15) is 33.9 Å². The number of rotatable bonds is 16. The molecule has 35 heavy (non-hydrogen) atoms. The maximum Gasteiger partial charge on any atom is 0.326 e. The summed E-state index contributed by atoms with van der Waals surface area (Å²) in [7, 11) is 0. The third-order valence-electron chi connectivity index (χ3n) is 4.63. The van der Waals surface area contributed by atoms with Crippen LogP contribution in [0.15, 0.2) is 12.5 Å². The molecule has 0 aromatic carbocycles. The predicted octanol–water partition coefficient (Wildman–Crippen LogP) is -3.68. The van der Waals surface area contributed by atoms with Gasteiger partial charge in [-0.1, -0.05) is 0 Å². The second-order valence-electron chi connectivity index (χ2n) is 7.53. The fourth-order valence-corrected chi connectivity index (χ4v) is 3.34. The lowest BCUT2D eigenvalue weighted by Gasteiger charge is -2.24. The maximum atomic E-state index is 13.0. The highest BCUT2D eigenvalue weighted by molar-refractivity contribution is 7.98. The Kier molecular flexibility index (Phi) is 12.2. The van der Waals surface area contributed by atoms with E-state index in [1.165, 1.54) is 24.3 Å². The smallest absolute Gasteiger partial charge is 0.326 e. The number of aliphatic carboxylic acids is 1. The number of amides is 5. The zero-order chi connectivity index (χ0) is 26.5. The number of nitrogens with one attached hydrogen (secondary N) is 4. The van der Waals surface area contributed by atoms with Crippen molar-refractivity contribution in [3.63, 3.8) is 0 Å². The highest BCUT2D eigenvalue weighted by atomic mass is 32.2. The number of H-pyrrole nitrogens is 1. The van der Waals surface area contributed by atoms with Crippen LogP contribution in [-0.4, -0.2) is 86.8 Å². The summed E-state index contributed by atoms with van der Waals surface area (Å²) in [4.78, 5) is 78.4. The molecule has 1 rings (SSSR count). The number of primary amides is 2. The average molecular weight is 515 g/mol. The van der Waals surface area contributed by atoms with Crippen LogP contribution in [0.1, 0.15) is 25.0 Å². The van der Waals surface area contributed by atoms with Gasteiger partial charge in [-0.25, -0.2) is 9.78 Å². The number of nitrogens with zero attached hydrogens (tertiary/aromatic N) is 1. The summed E-state index contributed by atoms with van der Waals surface area (Å²) in [6.45, 7) is 0. The molecule has 0 saturated carbocycles. The molecule has 0 aliphatic carbocycles. The lowest BCUT2D eigenvalue weighted by atomic mass is 10.1. The van der Waals surface area contributed by atoms with E-state index >= 15 is 0 Å². The van der Waals surface area contributed by atoms with Crippen LogP contribution in [0, 0.1) is 0 Å². The van der Waals surface area contributed by atoms with E-state index in [0.29, 0.717) is 11.4 Å². The molecule has 0 fully saturated rings. The normalized spacial score (nSPS) is 14.1. The van der Waals surface area contributed by atoms with Crippen molar-refractivity contribution in [3.8, 4) is 0 Å². The Morgan fingerprint density at radius 2 is 1.54 bits per heavy atom. The molecule has 0 saturated heterocycles. The van der Waals surface area contributed by atoms with Gasteiger partial charge in [-0.2, -0.15) is 11.8 Å². The molecular weight excluding hydrogens is 484 g/mol. The SMILES string of the molecule is CSCCC(NC(=O)C(N)CC(N)=O)C(=O)NC(Cc1cnc[nH]1)C(=O)NC(CC(N)=O)C(=O)O. The first-order valence-corrected chi connectivity index (χ1v) is 11.8. The van der Waals surface area contributed by atoms with Gasteiger partial charge in [0.25, 0.3) is 0 Å². The quantitative estimate of drug-likeness (QED) is 0.107. The van der Waals surface area contributed by atoms with Crippen molar-refractivity contribution >= 4 is 47.3 Å². The number of hydrogen-bond donors (Lipinski definition) is 8. The van der Waals surface area contributed by atoms with Gasteiger partial charge in [-0.05, 0) is 18.4 Å². The summed E-state index contributed by atoms with van der Waals surface area (Å²) in [6, 6.07) is -5.30. The van der Waals surface area contributed by atoms with Crippen molar-refractivity contribution in [1.82, 2.24) is 25.9 Å². The highest BCUT2D eigenvalue weighted by Crippen LogP contribution is 2.06. The number of nitrogens with two attached hydrogens (primary N) is 3. The summed E-state index contributed by atoms with van der Waals surface area (Å²) in [6.07, 6.45) is 3.51. The van der Waals surface area contributed by atoms with E-state index in [1.54, 1.807) is 6.26 Å². The van der Waals surface area contributed by atoms with E-state index in [-0.39, 0.29) is 12.8 Å². The summed E-state index contributed by atoms with van der Waals surface area (Å²) in [5.41, 5.74) is 16.2. The second-order valence-corrected chi connectivity index (χ2v) is 8.52. The molecule has 0 aliphatic rings. The standard InChI is InChI=1S/C19H30N8O7S/c1-35-3-2-11(25-16(30)10(20)5-14(21)28)17(31)26-12(4-9-7-23-8-24-9)18(32)27-13(19(33)34)6-15(22)29/h7-8,10-13H,2-6,20H2,1H3,(H2,21,28)(H2,22,29)(H,23,24)(H,25,30)(H,26,31)(H,27,32)(H,33,34). The van der Waals surface area contributed by atoms with Gasteiger partial charge in [-0.3, -0.25) is 24.0 Å². The molecule has 4 unspecified atom stereocenters. The lowest BCUT2D eigenvalue weighted by Crippen LogP contribution is -2.58. The number of carbonyl (C=O) groups excluding carboxylic acids is 5. The van der Waals surface area contributed by atoms with Crippen LogP contribution >= 0.6 is 11.8 Å². The van der Waals surface area contributed by atoms with Gasteiger partial charge in [0.1, 0.15) is 18.1 Å². The molecule has 0 aliphatic heterocycles. The van der Waals surface area contributed by atoms with Gasteiger partial charge < -0.3 is 43.2 Å². The van der Waals surface area contributed by atoms with Crippen molar-refractivity contribution in [2.75, 3.05) is 12.0 Å². The molecular formula is C19H30N8O7S. The van der Waals surface area contributed by atoms with Gasteiger partial charge in [0.05, 0.1) is 25.2 Å². The van der Waals surface area contributed by atoms with Crippen LogP contribution in [0.4, 0.5) is 0 Å². The minimum atomic E-state index is -1.61. The maximum absolute atomic E-state index is 13.0. The monoisotopic (exact) mass is 514 g/mol. The molecule has 0 bridgehead atoms. The van der Waals surface area contributed by atoms with Crippen molar-refractivity contribution in [2.45, 2.75) is 49.9 Å². The Bertz CT molecular complexity index is 911. The minimum Gasteiger partial charge on any atom is -0.480 e. The highest BCUT2D eigenvalue weighted by Gasteiger charge is 2.31. The van der Waals surface area contributed by atoms with Crippen molar-refractivity contribution < 1.29 is 33.9 Å². The lowest BCUT2D eigenvalue weighted by molar-refractivity contribution is -0.143. The van der Waals surface area contributed by atoms with E-state index in [4.69, 9.17) is 17.2 Å². The van der Waals surface area contributed by atoms with Crippen LogP contribution in [0.5, 0.6) is 0 Å². The Morgan fingerprint density at radius 3 is 2.06 bits per heavy atom. The molecule has 1 aromatic rings. The van der Waals surface area contributed by atoms with Crippen LogP contribution in [0.3, 0.4) is 0 Å². The molecule has 194 valence electrons. The molecule has 16 heteroatoms. The van der Waals surface area contributed by atoms with E-state index in [0.717, 1.165) is 0 Å². The number of carboxylic acid groups (broad SMARTS) is 1. The average Bonchev–Trinajstić information content (AvgIpc) is 3.27. The number of hydrogen-bond acceptors (Lipinski definition) is 9. The van der Waals surface area contributed by atoms with Crippen LogP contribution in [0.25, 0.3) is 0 Å². The largest absolute Gasteiger partial charge is 0.480 e. The molecule has 1 heterocycles. The Labute approximate surface area is 204 Å². The first kappa shape index (κ1) is 29.4. The zero-order valence-electron chi connectivity index (χ0n) is 19.0. The first-order valence-electron chi connectivity index (χ1n) is 10.4. The topological polar surface area (TPSA) is 265 Å². The summed E-state index contributed by atoms with van der Waals surface area (Å²) >= 11 is 1.40. The van der Waals surface area contributed by atoms with Gasteiger partial charge in [0, 0.05) is 18.3 Å². The fourth-order valence-electron chi connectivity index (χ4n) is 2.86. The van der Waals surface area contributed by atoms with Crippen LogP contribution in [0.2, 0.25) is 0 Å². The molecule has 1 aromatic heterocycles. The van der Waals surface area contributed by atoms with Crippen molar-refractivity contribution in [1.29, 1.82) is 0 Å². The van der Waals surface area contributed by atoms with Gasteiger partial charge in [-0.15, -0.1) is 0 Å². The molecule has 11 N–H and O–H groups in total. The Morgan fingerprint density at radius 1 is 0.971 bits per heavy atom. The number of aromatic nitrogens is 2. The van der Waals surface area contributed by atoms with Gasteiger partial charge in [0.15, 0.2) is 0 Å². The molecule has 0 spiro atoms. The molecule has 4 atom stereocenters. The number of carboxylic acids is 1. The third-order valence-corrected chi connectivity index (χ3v) is 5.28. The number of aromatic amines is 1. The molecule has 0 radical (unpaired) electrons. The van der Waals surface area contributed by atoms with E-state index in [2.05, 4.69) is 25.9 Å².